The molecule has 0 spiro atoms. The minimum Gasteiger partial charge on any atom is -0.481 e. The third-order valence-corrected chi connectivity index (χ3v) is 4.59. The van der Waals surface area contributed by atoms with Crippen LogP contribution in [0.25, 0.3) is 0 Å². The summed E-state index contributed by atoms with van der Waals surface area (Å²) in [6.45, 7) is 0.613. The molecule has 0 aromatic rings. The van der Waals surface area contributed by atoms with Crippen LogP contribution in [-0.2, 0) is 4.79 Å². The Hall–Kier alpha value is -0.910. The van der Waals surface area contributed by atoms with Crippen molar-refractivity contribution in [3.8, 4) is 0 Å². The molecule has 0 heterocycles. The van der Waals surface area contributed by atoms with E-state index in [1.807, 2.05) is 11.8 Å². The molecule has 0 saturated heterocycles. The fraction of sp³-hybridized carbons (Fsp3) is 0.846. The summed E-state index contributed by atoms with van der Waals surface area (Å²) < 4.78 is 0. The standard InChI is InChI=1S/C13H24N2O3S/c1-19-11-7-5-6-10(11)15-13(18)14-9-4-2-3-8-12(16)17/h10-11H,2-9H2,1H3,(H,16,17)(H2,14,15,18). The molecule has 1 aliphatic carbocycles. The van der Waals surface area contributed by atoms with E-state index >= 15 is 0 Å². The van der Waals surface area contributed by atoms with Gasteiger partial charge in [-0.2, -0.15) is 11.8 Å². The number of carbonyl (C=O) groups is 2. The van der Waals surface area contributed by atoms with E-state index in [1.54, 1.807) is 0 Å². The molecule has 0 aromatic carbocycles. The van der Waals surface area contributed by atoms with Crippen LogP contribution >= 0.6 is 11.8 Å². The fourth-order valence-corrected chi connectivity index (χ4v) is 3.31. The number of thioether (sulfide) groups is 1. The zero-order chi connectivity index (χ0) is 14.1. The summed E-state index contributed by atoms with van der Waals surface area (Å²) in [6.07, 6.45) is 8.08. The molecule has 2 unspecified atom stereocenters. The van der Waals surface area contributed by atoms with E-state index in [9.17, 15) is 9.59 Å². The molecular formula is C13H24N2O3S. The Morgan fingerprint density at radius 2 is 2.05 bits per heavy atom. The summed E-state index contributed by atoms with van der Waals surface area (Å²) >= 11 is 1.82. The van der Waals surface area contributed by atoms with Crippen LogP contribution in [0.3, 0.4) is 0 Å². The summed E-state index contributed by atoms with van der Waals surface area (Å²) in [4.78, 5) is 22.0. The van der Waals surface area contributed by atoms with Gasteiger partial charge in [0, 0.05) is 24.3 Å². The molecule has 110 valence electrons. The van der Waals surface area contributed by atoms with Gasteiger partial charge in [-0.15, -0.1) is 0 Å². The van der Waals surface area contributed by atoms with Gasteiger partial charge in [0.2, 0.25) is 0 Å². The van der Waals surface area contributed by atoms with Crippen LogP contribution in [0.2, 0.25) is 0 Å². The van der Waals surface area contributed by atoms with Gasteiger partial charge in [-0.1, -0.05) is 12.8 Å². The van der Waals surface area contributed by atoms with E-state index in [0.29, 0.717) is 24.3 Å². The van der Waals surface area contributed by atoms with Gasteiger partial charge in [0.1, 0.15) is 0 Å². The van der Waals surface area contributed by atoms with Crippen molar-refractivity contribution in [1.82, 2.24) is 10.6 Å². The Morgan fingerprint density at radius 1 is 1.26 bits per heavy atom. The Balaban J connectivity index is 2.03. The van der Waals surface area contributed by atoms with Crippen LogP contribution < -0.4 is 10.6 Å². The number of amides is 2. The second-order valence-electron chi connectivity index (χ2n) is 4.92. The fourth-order valence-electron chi connectivity index (χ4n) is 2.37. The van der Waals surface area contributed by atoms with Gasteiger partial charge in [-0.3, -0.25) is 4.79 Å². The minimum absolute atomic E-state index is 0.0933. The van der Waals surface area contributed by atoms with E-state index in [0.717, 1.165) is 19.3 Å². The summed E-state index contributed by atoms with van der Waals surface area (Å²) in [5.74, 6) is -0.755. The number of aliphatic carboxylic acids is 1. The van der Waals surface area contributed by atoms with E-state index < -0.39 is 5.97 Å². The minimum atomic E-state index is -0.755. The highest BCUT2D eigenvalue weighted by atomic mass is 32.2. The van der Waals surface area contributed by atoms with Crippen LogP contribution in [-0.4, -0.2) is 41.2 Å². The van der Waals surface area contributed by atoms with Crippen LogP contribution in [0, 0.1) is 0 Å². The summed E-state index contributed by atoms with van der Waals surface area (Å²) in [5, 5.41) is 14.9. The van der Waals surface area contributed by atoms with Gasteiger partial charge in [0.05, 0.1) is 0 Å². The number of hydrogen-bond donors (Lipinski definition) is 3. The number of unbranched alkanes of at least 4 members (excludes halogenated alkanes) is 2. The Labute approximate surface area is 118 Å². The van der Waals surface area contributed by atoms with E-state index in [-0.39, 0.29) is 12.5 Å². The van der Waals surface area contributed by atoms with E-state index in [4.69, 9.17) is 5.11 Å². The summed E-state index contributed by atoms with van der Waals surface area (Å²) in [6, 6.07) is 0.200. The maximum atomic E-state index is 11.7. The first-order valence-corrected chi connectivity index (χ1v) is 8.21. The van der Waals surface area contributed by atoms with Crippen LogP contribution in [0.1, 0.15) is 44.9 Å². The third-order valence-electron chi connectivity index (χ3n) is 3.42. The zero-order valence-electron chi connectivity index (χ0n) is 11.5. The highest BCUT2D eigenvalue weighted by Gasteiger charge is 2.27. The molecule has 0 aliphatic heterocycles. The Bertz CT molecular complexity index is 300. The molecule has 19 heavy (non-hydrogen) atoms. The summed E-state index contributed by atoms with van der Waals surface area (Å²) in [5.41, 5.74) is 0. The van der Waals surface area contributed by atoms with Gasteiger partial charge in [0.15, 0.2) is 0 Å². The van der Waals surface area contributed by atoms with E-state index in [1.165, 1.54) is 12.8 Å². The largest absolute Gasteiger partial charge is 0.481 e. The van der Waals surface area contributed by atoms with E-state index in [2.05, 4.69) is 16.9 Å². The molecule has 2 amide bonds. The normalized spacial score (nSPS) is 22.2. The predicted molar refractivity (Wildman–Crippen MR) is 77.6 cm³/mol. The first-order valence-electron chi connectivity index (χ1n) is 6.92. The molecule has 1 aliphatic rings. The number of hydrogen-bond acceptors (Lipinski definition) is 3. The number of carboxylic acids is 1. The van der Waals surface area contributed by atoms with Gasteiger partial charge >= 0.3 is 12.0 Å². The van der Waals surface area contributed by atoms with Crippen molar-refractivity contribution in [2.24, 2.45) is 0 Å². The van der Waals surface area contributed by atoms with Crippen molar-refractivity contribution in [3.63, 3.8) is 0 Å². The highest BCUT2D eigenvalue weighted by molar-refractivity contribution is 7.99. The average Bonchev–Trinajstić information content (AvgIpc) is 2.80. The molecule has 6 heteroatoms. The molecule has 5 nitrogen and oxygen atoms in total. The predicted octanol–water partition coefficient (Wildman–Crippen LogP) is 2.21. The Kier molecular flexibility index (Phi) is 7.70. The van der Waals surface area contributed by atoms with Gasteiger partial charge in [-0.25, -0.2) is 4.79 Å². The quantitative estimate of drug-likeness (QED) is 0.598. The molecule has 0 bridgehead atoms. The lowest BCUT2D eigenvalue weighted by Crippen LogP contribution is -2.44. The third kappa shape index (κ3) is 6.71. The van der Waals surface area contributed by atoms with Crippen molar-refractivity contribution in [1.29, 1.82) is 0 Å². The Morgan fingerprint density at radius 3 is 2.74 bits per heavy atom. The number of urea groups is 1. The number of nitrogens with one attached hydrogen (secondary N) is 2. The van der Waals surface area contributed by atoms with Crippen LogP contribution in [0.15, 0.2) is 0 Å². The topological polar surface area (TPSA) is 78.4 Å². The first-order chi connectivity index (χ1) is 9.13. The average molecular weight is 288 g/mol. The molecule has 0 aromatic heterocycles. The summed E-state index contributed by atoms with van der Waals surface area (Å²) in [7, 11) is 0. The van der Waals surface area contributed by atoms with Crippen molar-refractivity contribution in [3.05, 3.63) is 0 Å². The molecular weight excluding hydrogens is 264 g/mol. The molecule has 3 N–H and O–H groups in total. The highest BCUT2D eigenvalue weighted by Crippen LogP contribution is 2.28. The molecule has 0 radical (unpaired) electrons. The van der Waals surface area contributed by atoms with Gasteiger partial charge in [-0.05, 0) is 31.9 Å². The maximum Gasteiger partial charge on any atom is 0.315 e. The monoisotopic (exact) mass is 288 g/mol. The smallest absolute Gasteiger partial charge is 0.315 e. The maximum absolute atomic E-state index is 11.7. The van der Waals surface area contributed by atoms with Crippen molar-refractivity contribution >= 4 is 23.8 Å². The van der Waals surface area contributed by atoms with Crippen LogP contribution in [0.5, 0.6) is 0 Å². The lowest BCUT2D eigenvalue weighted by Gasteiger charge is -2.19. The first kappa shape index (κ1) is 16.1. The van der Waals surface area contributed by atoms with Crippen molar-refractivity contribution < 1.29 is 14.7 Å². The van der Waals surface area contributed by atoms with Crippen LogP contribution in [0.4, 0.5) is 4.79 Å². The molecule has 1 fully saturated rings. The van der Waals surface area contributed by atoms with Crippen molar-refractivity contribution in [2.45, 2.75) is 56.2 Å². The number of carboxylic acid groups (broad SMARTS) is 1. The van der Waals surface area contributed by atoms with Gasteiger partial charge in [0.25, 0.3) is 0 Å². The van der Waals surface area contributed by atoms with Gasteiger partial charge < -0.3 is 15.7 Å². The molecule has 1 saturated carbocycles. The second-order valence-corrected chi connectivity index (χ2v) is 5.99. The SMILES string of the molecule is CSC1CCCC1NC(=O)NCCCCCC(=O)O. The number of rotatable bonds is 8. The zero-order valence-corrected chi connectivity index (χ0v) is 12.3. The van der Waals surface area contributed by atoms with Crippen molar-refractivity contribution in [2.75, 3.05) is 12.8 Å². The lowest BCUT2D eigenvalue weighted by molar-refractivity contribution is -0.137. The lowest BCUT2D eigenvalue weighted by atomic mass is 10.2. The second kappa shape index (κ2) is 9.07. The molecule has 1 rings (SSSR count). The molecule has 2 atom stereocenters. The number of carbonyl (C=O) groups excluding carboxylic acids is 1.